The standard InChI is InChI=1S/C15H22N4O2/c1-4-9-19-13(7-8-17-19)15(18-16)12-6-5-11(20-2)10-14(12)21-3/h5-8,10,15,18H,4,9,16H2,1-3H3. The maximum Gasteiger partial charge on any atom is 0.127 e. The summed E-state index contributed by atoms with van der Waals surface area (Å²) in [5.74, 6) is 7.24. The van der Waals surface area contributed by atoms with E-state index < -0.39 is 0 Å². The van der Waals surface area contributed by atoms with Gasteiger partial charge in [-0.25, -0.2) is 5.43 Å². The lowest BCUT2D eigenvalue weighted by molar-refractivity contribution is 0.386. The average molecular weight is 290 g/mol. The van der Waals surface area contributed by atoms with Crippen molar-refractivity contribution in [1.29, 1.82) is 0 Å². The molecule has 0 spiro atoms. The SMILES string of the molecule is CCCn1nccc1C(NN)c1ccc(OC)cc1OC. The van der Waals surface area contributed by atoms with E-state index in [1.807, 2.05) is 28.9 Å². The lowest BCUT2D eigenvalue weighted by Gasteiger charge is -2.20. The molecule has 0 saturated heterocycles. The van der Waals surface area contributed by atoms with Crippen LogP contribution < -0.4 is 20.7 Å². The molecular formula is C15H22N4O2. The van der Waals surface area contributed by atoms with Gasteiger partial charge in [-0.05, 0) is 24.6 Å². The fraction of sp³-hybridized carbons (Fsp3) is 0.400. The summed E-state index contributed by atoms with van der Waals surface area (Å²) in [6.45, 7) is 2.96. The molecule has 114 valence electrons. The smallest absolute Gasteiger partial charge is 0.127 e. The van der Waals surface area contributed by atoms with Crippen molar-refractivity contribution in [3.8, 4) is 11.5 Å². The van der Waals surface area contributed by atoms with Gasteiger partial charge in [0.2, 0.25) is 0 Å². The maximum absolute atomic E-state index is 5.78. The number of hydrazine groups is 1. The Hall–Kier alpha value is -2.05. The molecule has 2 aromatic rings. The molecule has 0 amide bonds. The quantitative estimate of drug-likeness (QED) is 0.601. The normalized spacial score (nSPS) is 12.2. The third-order valence-electron chi connectivity index (χ3n) is 3.40. The Bertz CT molecular complexity index is 583. The van der Waals surface area contributed by atoms with Crippen LogP contribution >= 0.6 is 0 Å². The van der Waals surface area contributed by atoms with Crippen molar-refractivity contribution in [3.05, 3.63) is 41.7 Å². The van der Waals surface area contributed by atoms with Crippen LogP contribution in [0.15, 0.2) is 30.5 Å². The van der Waals surface area contributed by atoms with Gasteiger partial charge in [0.25, 0.3) is 0 Å². The van der Waals surface area contributed by atoms with Crippen LogP contribution in [0.4, 0.5) is 0 Å². The van der Waals surface area contributed by atoms with Crippen LogP contribution in [0.5, 0.6) is 11.5 Å². The van der Waals surface area contributed by atoms with Crippen LogP contribution in [0.2, 0.25) is 0 Å². The summed E-state index contributed by atoms with van der Waals surface area (Å²) in [5, 5.41) is 4.35. The van der Waals surface area contributed by atoms with E-state index in [9.17, 15) is 0 Å². The van der Waals surface area contributed by atoms with Gasteiger partial charge in [0.1, 0.15) is 11.5 Å². The number of hydrogen-bond donors (Lipinski definition) is 2. The molecule has 0 bridgehead atoms. The first kappa shape index (κ1) is 15.3. The van der Waals surface area contributed by atoms with Crippen LogP contribution in [0, 0.1) is 0 Å². The molecule has 2 rings (SSSR count). The van der Waals surface area contributed by atoms with E-state index in [4.69, 9.17) is 15.3 Å². The van der Waals surface area contributed by atoms with Crippen molar-refractivity contribution >= 4 is 0 Å². The zero-order valence-corrected chi connectivity index (χ0v) is 12.7. The third kappa shape index (κ3) is 3.17. The molecule has 0 aliphatic heterocycles. The van der Waals surface area contributed by atoms with Crippen molar-refractivity contribution in [3.63, 3.8) is 0 Å². The fourth-order valence-corrected chi connectivity index (χ4v) is 2.38. The first-order valence-electron chi connectivity index (χ1n) is 6.94. The largest absolute Gasteiger partial charge is 0.497 e. The van der Waals surface area contributed by atoms with E-state index in [1.165, 1.54) is 0 Å². The summed E-state index contributed by atoms with van der Waals surface area (Å²) in [6, 6.07) is 7.46. The number of aryl methyl sites for hydroxylation is 1. The molecule has 3 N–H and O–H groups in total. The summed E-state index contributed by atoms with van der Waals surface area (Å²) in [6.07, 6.45) is 2.79. The Morgan fingerprint density at radius 2 is 2.10 bits per heavy atom. The van der Waals surface area contributed by atoms with Crippen LogP contribution in [0.3, 0.4) is 0 Å². The minimum Gasteiger partial charge on any atom is -0.497 e. The van der Waals surface area contributed by atoms with E-state index in [2.05, 4.69) is 17.4 Å². The second kappa shape index (κ2) is 7.10. The highest BCUT2D eigenvalue weighted by atomic mass is 16.5. The van der Waals surface area contributed by atoms with Crippen molar-refractivity contribution < 1.29 is 9.47 Å². The van der Waals surface area contributed by atoms with Crippen molar-refractivity contribution in [1.82, 2.24) is 15.2 Å². The predicted molar refractivity (Wildman–Crippen MR) is 81.2 cm³/mol. The number of nitrogens with one attached hydrogen (secondary N) is 1. The fourth-order valence-electron chi connectivity index (χ4n) is 2.38. The monoisotopic (exact) mass is 290 g/mol. The number of benzene rings is 1. The van der Waals surface area contributed by atoms with Crippen molar-refractivity contribution in [2.45, 2.75) is 25.9 Å². The van der Waals surface area contributed by atoms with Crippen molar-refractivity contribution in [2.24, 2.45) is 5.84 Å². The van der Waals surface area contributed by atoms with Gasteiger partial charge in [-0.1, -0.05) is 6.92 Å². The van der Waals surface area contributed by atoms with Gasteiger partial charge >= 0.3 is 0 Å². The molecular weight excluding hydrogens is 268 g/mol. The highest BCUT2D eigenvalue weighted by Gasteiger charge is 2.21. The maximum atomic E-state index is 5.78. The van der Waals surface area contributed by atoms with Crippen LogP contribution in [0.1, 0.15) is 30.6 Å². The zero-order chi connectivity index (χ0) is 15.2. The molecule has 1 aromatic carbocycles. The topological polar surface area (TPSA) is 74.3 Å². The lowest BCUT2D eigenvalue weighted by atomic mass is 10.0. The van der Waals surface area contributed by atoms with Gasteiger partial charge in [0.05, 0.1) is 26.0 Å². The molecule has 6 nitrogen and oxygen atoms in total. The molecule has 0 saturated carbocycles. The van der Waals surface area contributed by atoms with Crippen LogP contribution in [0.25, 0.3) is 0 Å². The van der Waals surface area contributed by atoms with E-state index >= 15 is 0 Å². The Balaban J connectivity index is 2.43. The van der Waals surface area contributed by atoms with Gasteiger partial charge in [0, 0.05) is 24.4 Å². The summed E-state index contributed by atoms with van der Waals surface area (Å²) in [5.41, 5.74) is 4.80. The molecule has 0 aliphatic rings. The van der Waals surface area contributed by atoms with Crippen LogP contribution in [-0.4, -0.2) is 24.0 Å². The molecule has 21 heavy (non-hydrogen) atoms. The Morgan fingerprint density at radius 3 is 2.71 bits per heavy atom. The third-order valence-corrected chi connectivity index (χ3v) is 3.40. The molecule has 1 unspecified atom stereocenters. The van der Waals surface area contributed by atoms with Gasteiger partial charge < -0.3 is 9.47 Å². The van der Waals surface area contributed by atoms with Gasteiger partial charge in [-0.15, -0.1) is 0 Å². The molecule has 1 atom stereocenters. The lowest BCUT2D eigenvalue weighted by Crippen LogP contribution is -2.31. The Morgan fingerprint density at radius 1 is 1.29 bits per heavy atom. The first-order valence-corrected chi connectivity index (χ1v) is 6.94. The average Bonchev–Trinajstić information content (AvgIpc) is 2.97. The summed E-state index contributed by atoms with van der Waals surface area (Å²) in [4.78, 5) is 0. The number of rotatable bonds is 7. The van der Waals surface area contributed by atoms with Gasteiger partial charge in [-0.2, -0.15) is 5.10 Å². The second-order valence-corrected chi connectivity index (χ2v) is 4.69. The minimum absolute atomic E-state index is 0.195. The number of nitrogens with zero attached hydrogens (tertiary/aromatic N) is 2. The van der Waals surface area contributed by atoms with E-state index in [1.54, 1.807) is 20.4 Å². The highest BCUT2D eigenvalue weighted by Crippen LogP contribution is 2.32. The van der Waals surface area contributed by atoms with E-state index in [0.29, 0.717) is 0 Å². The van der Waals surface area contributed by atoms with Gasteiger partial charge in [0.15, 0.2) is 0 Å². The number of nitrogens with two attached hydrogens (primary N) is 1. The first-order chi connectivity index (χ1) is 10.2. The molecule has 1 heterocycles. The van der Waals surface area contributed by atoms with E-state index in [-0.39, 0.29) is 6.04 Å². The highest BCUT2D eigenvalue weighted by molar-refractivity contribution is 5.45. The second-order valence-electron chi connectivity index (χ2n) is 4.69. The molecule has 0 fully saturated rings. The minimum atomic E-state index is -0.195. The van der Waals surface area contributed by atoms with E-state index in [0.717, 1.165) is 35.7 Å². The van der Waals surface area contributed by atoms with Crippen LogP contribution in [-0.2, 0) is 6.54 Å². The zero-order valence-electron chi connectivity index (χ0n) is 12.7. The van der Waals surface area contributed by atoms with Crippen molar-refractivity contribution in [2.75, 3.05) is 14.2 Å². The molecule has 0 radical (unpaired) electrons. The Kier molecular flexibility index (Phi) is 5.19. The molecule has 6 heteroatoms. The summed E-state index contributed by atoms with van der Waals surface area (Å²) < 4.78 is 12.6. The Labute approximate surface area is 124 Å². The summed E-state index contributed by atoms with van der Waals surface area (Å²) >= 11 is 0. The molecule has 0 aliphatic carbocycles. The number of ether oxygens (including phenoxy) is 2. The molecule has 1 aromatic heterocycles. The summed E-state index contributed by atoms with van der Waals surface area (Å²) in [7, 11) is 3.26. The van der Waals surface area contributed by atoms with Gasteiger partial charge in [-0.3, -0.25) is 10.5 Å². The number of methoxy groups -OCH3 is 2. The number of aromatic nitrogens is 2. The predicted octanol–water partition coefficient (Wildman–Crippen LogP) is 1.86. The number of hydrogen-bond acceptors (Lipinski definition) is 5.